The third-order valence-corrected chi connectivity index (χ3v) is 4.77. The molecule has 2 heterocycles. The lowest BCUT2D eigenvalue weighted by Gasteiger charge is -2.39. The van der Waals surface area contributed by atoms with Crippen molar-refractivity contribution in [1.82, 2.24) is 4.90 Å². The lowest BCUT2D eigenvalue weighted by molar-refractivity contribution is -0.185. The summed E-state index contributed by atoms with van der Waals surface area (Å²) in [5.41, 5.74) is 1.18. The van der Waals surface area contributed by atoms with Crippen LogP contribution >= 0.6 is 0 Å². The number of nitrogens with zero attached hydrogens (tertiary/aromatic N) is 2. The molecule has 23 heavy (non-hydrogen) atoms. The zero-order valence-corrected chi connectivity index (χ0v) is 13.1. The number of para-hydroxylation sites is 1. The van der Waals surface area contributed by atoms with Crippen LogP contribution in [0.1, 0.15) is 12.8 Å². The minimum atomic E-state index is -4.04. The molecule has 1 atom stereocenters. The van der Waals surface area contributed by atoms with Crippen molar-refractivity contribution < 1.29 is 17.9 Å². The largest absolute Gasteiger partial charge is 0.391 e. The number of alkyl halides is 3. The highest BCUT2D eigenvalue weighted by Gasteiger charge is 2.41. The topological polar surface area (TPSA) is 15.7 Å². The molecular formula is C17H23F3N2O. The van der Waals surface area contributed by atoms with E-state index in [9.17, 15) is 13.2 Å². The second-order valence-corrected chi connectivity index (χ2v) is 6.39. The SMILES string of the molecule is FC(F)(F)C1CCN(C[C@H]2CN(c3ccccc3)CCO2)CC1. The number of hydrogen-bond acceptors (Lipinski definition) is 3. The molecule has 128 valence electrons. The summed E-state index contributed by atoms with van der Waals surface area (Å²) >= 11 is 0. The van der Waals surface area contributed by atoms with Crippen molar-refractivity contribution in [2.75, 3.05) is 44.2 Å². The molecule has 2 fully saturated rings. The molecule has 1 aromatic rings. The summed E-state index contributed by atoms with van der Waals surface area (Å²) < 4.78 is 44.0. The van der Waals surface area contributed by atoms with E-state index >= 15 is 0 Å². The normalized spacial score (nSPS) is 24.8. The maximum Gasteiger partial charge on any atom is 0.391 e. The molecule has 0 aromatic heterocycles. The van der Waals surface area contributed by atoms with Gasteiger partial charge >= 0.3 is 6.18 Å². The predicted octanol–water partition coefficient (Wildman–Crippen LogP) is 3.17. The maximum absolute atomic E-state index is 12.7. The first-order valence-corrected chi connectivity index (χ1v) is 8.23. The Labute approximate surface area is 135 Å². The van der Waals surface area contributed by atoms with E-state index in [0.717, 1.165) is 13.1 Å². The number of piperidine rings is 1. The van der Waals surface area contributed by atoms with Gasteiger partial charge in [-0.2, -0.15) is 13.2 Å². The predicted molar refractivity (Wildman–Crippen MR) is 83.6 cm³/mol. The molecule has 6 heteroatoms. The average molecular weight is 328 g/mol. The van der Waals surface area contributed by atoms with E-state index in [4.69, 9.17) is 4.74 Å². The van der Waals surface area contributed by atoms with Crippen molar-refractivity contribution in [2.24, 2.45) is 5.92 Å². The Kier molecular flexibility index (Phi) is 5.11. The lowest BCUT2D eigenvalue weighted by Crippen LogP contribution is -2.49. The summed E-state index contributed by atoms with van der Waals surface area (Å²) in [6, 6.07) is 10.2. The zero-order valence-electron chi connectivity index (χ0n) is 13.1. The first kappa shape index (κ1) is 16.6. The Balaban J connectivity index is 1.49. The van der Waals surface area contributed by atoms with E-state index < -0.39 is 12.1 Å². The third kappa shape index (κ3) is 4.38. The summed E-state index contributed by atoms with van der Waals surface area (Å²) in [7, 11) is 0. The van der Waals surface area contributed by atoms with Gasteiger partial charge in [0.25, 0.3) is 0 Å². The highest BCUT2D eigenvalue weighted by Crippen LogP contribution is 2.34. The van der Waals surface area contributed by atoms with Crippen molar-refractivity contribution in [3.63, 3.8) is 0 Å². The van der Waals surface area contributed by atoms with Gasteiger partial charge in [0, 0.05) is 25.3 Å². The quantitative estimate of drug-likeness (QED) is 0.848. The molecular weight excluding hydrogens is 305 g/mol. The fraction of sp³-hybridized carbons (Fsp3) is 0.647. The number of anilines is 1. The van der Waals surface area contributed by atoms with Gasteiger partial charge < -0.3 is 14.5 Å². The molecule has 0 bridgehead atoms. The van der Waals surface area contributed by atoms with Crippen LogP contribution in [0, 0.1) is 5.92 Å². The van der Waals surface area contributed by atoms with Gasteiger partial charge in [-0.1, -0.05) is 18.2 Å². The molecule has 0 radical (unpaired) electrons. The number of halogens is 3. The van der Waals surface area contributed by atoms with E-state index in [-0.39, 0.29) is 18.9 Å². The molecule has 3 rings (SSSR count). The highest BCUT2D eigenvalue weighted by molar-refractivity contribution is 5.46. The maximum atomic E-state index is 12.7. The molecule has 2 aliphatic heterocycles. The fourth-order valence-corrected chi connectivity index (χ4v) is 3.43. The summed E-state index contributed by atoms with van der Waals surface area (Å²) in [4.78, 5) is 4.40. The summed E-state index contributed by atoms with van der Waals surface area (Å²) in [6.07, 6.45) is -3.57. The van der Waals surface area contributed by atoms with Gasteiger partial charge in [0.1, 0.15) is 0 Å². The molecule has 0 saturated carbocycles. The fourth-order valence-electron chi connectivity index (χ4n) is 3.43. The van der Waals surface area contributed by atoms with E-state index in [1.165, 1.54) is 5.69 Å². The van der Waals surface area contributed by atoms with Gasteiger partial charge in [0.15, 0.2) is 0 Å². The van der Waals surface area contributed by atoms with Crippen molar-refractivity contribution in [1.29, 1.82) is 0 Å². The van der Waals surface area contributed by atoms with Gasteiger partial charge in [0.05, 0.1) is 18.6 Å². The van der Waals surface area contributed by atoms with Crippen molar-refractivity contribution in [3.05, 3.63) is 30.3 Å². The smallest absolute Gasteiger partial charge is 0.373 e. The molecule has 2 aliphatic rings. The summed E-state index contributed by atoms with van der Waals surface area (Å²) in [5.74, 6) is -1.13. The molecule has 0 aliphatic carbocycles. The molecule has 2 saturated heterocycles. The molecule has 3 nitrogen and oxygen atoms in total. The standard InChI is InChI=1S/C17H23F3N2O/c18-17(19,20)14-6-8-21(9-7-14)12-16-13-22(10-11-23-16)15-4-2-1-3-5-15/h1-5,14,16H,6-13H2/t16-/m0/s1. The first-order valence-electron chi connectivity index (χ1n) is 8.23. The zero-order chi connectivity index (χ0) is 16.3. The lowest BCUT2D eigenvalue weighted by atomic mass is 9.96. The van der Waals surface area contributed by atoms with Crippen LogP contribution in [0.2, 0.25) is 0 Å². The molecule has 0 amide bonds. The Hall–Kier alpha value is -1.27. The van der Waals surface area contributed by atoms with E-state index in [1.54, 1.807) is 0 Å². The Morgan fingerprint density at radius 1 is 1.04 bits per heavy atom. The van der Waals surface area contributed by atoms with Crippen molar-refractivity contribution in [3.8, 4) is 0 Å². The van der Waals surface area contributed by atoms with E-state index in [2.05, 4.69) is 21.9 Å². The second-order valence-electron chi connectivity index (χ2n) is 6.39. The molecule has 1 aromatic carbocycles. The van der Waals surface area contributed by atoms with E-state index in [1.807, 2.05) is 18.2 Å². The van der Waals surface area contributed by atoms with Crippen LogP contribution in [0.5, 0.6) is 0 Å². The van der Waals surface area contributed by atoms with Crippen LogP contribution in [0.3, 0.4) is 0 Å². The Morgan fingerprint density at radius 3 is 2.39 bits per heavy atom. The van der Waals surface area contributed by atoms with Crippen LogP contribution in [-0.4, -0.2) is 56.5 Å². The summed E-state index contributed by atoms with van der Waals surface area (Å²) in [6.45, 7) is 4.05. The van der Waals surface area contributed by atoms with Crippen molar-refractivity contribution in [2.45, 2.75) is 25.1 Å². The number of benzene rings is 1. The average Bonchev–Trinajstić information content (AvgIpc) is 2.56. The monoisotopic (exact) mass is 328 g/mol. The van der Waals surface area contributed by atoms with E-state index in [0.29, 0.717) is 26.2 Å². The van der Waals surface area contributed by atoms with Crippen LogP contribution < -0.4 is 4.90 Å². The molecule has 0 spiro atoms. The van der Waals surface area contributed by atoms with Gasteiger partial charge in [-0.05, 0) is 38.1 Å². The summed E-state index contributed by atoms with van der Waals surface area (Å²) in [5, 5.41) is 0. The minimum Gasteiger partial charge on any atom is -0.373 e. The number of rotatable bonds is 3. The van der Waals surface area contributed by atoms with Crippen LogP contribution in [-0.2, 0) is 4.74 Å². The number of ether oxygens (including phenoxy) is 1. The number of likely N-dealkylation sites (tertiary alicyclic amines) is 1. The number of hydrogen-bond donors (Lipinski definition) is 0. The van der Waals surface area contributed by atoms with Crippen LogP contribution in [0.15, 0.2) is 30.3 Å². The molecule has 0 unspecified atom stereocenters. The Morgan fingerprint density at radius 2 is 1.74 bits per heavy atom. The molecule has 0 N–H and O–H groups in total. The third-order valence-electron chi connectivity index (χ3n) is 4.77. The van der Waals surface area contributed by atoms with Gasteiger partial charge in [-0.25, -0.2) is 0 Å². The first-order chi connectivity index (χ1) is 11.0. The van der Waals surface area contributed by atoms with Crippen LogP contribution in [0.25, 0.3) is 0 Å². The second kappa shape index (κ2) is 7.09. The van der Waals surface area contributed by atoms with Crippen LogP contribution in [0.4, 0.5) is 18.9 Å². The van der Waals surface area contributed by atoms with Crippen molar-refractivity contribution >= 4 is 5.69 Å². The minimum absolute atomic E-state index is 0.0615. The highest BCUT2D eigenvalue weighted by atomic mass is 19.4. The van der Waals surface area contributed by atoms with Gasteiger partial charge in [-0.3, -0.25) is 0 Å². The number of morpholine rings is 1. The Bertz CT molecular complexity index is 486. The van der Waals surface area contributed by atoms with Gasteiger partial charge in [-0.15, -0.1) is 0 Å². The van der Waals surface area contributed by atoms with Gasteiger partial charge in [0.2, 0.25) is 0 Å².